The van der Waals surface area contributed by atoms with Crippen LogP contribution in [0.1, 0.15) is 33.6 Å². The van der Waals surface area contributed by atoms with Crippen molar-refractivity contribution in [2.75, 3.05) is 37.7 Å². The second-order valence-corrected chi connectivity index (χ2v) is 8.63. The number of likely N-dealkylation sites (tertiary alicyclic amines) is 1. The number of benzene rings is 1. The van der Waals surface area contributed by atoms with Crippen LogP contribution >= 0.6 is 0 Å². The molecule has 0 radical (unpaired) electrons. The van der Waals surface area contributed by atoms with Gasteiger partial charge in [0.05, 0.1) is 29.4 Å². The molecule has 0 bridgehead atoms. The van der Waals surface area contributed by atoms with Gasteiger partial charge in [0.25, 0.3) is 5.91 Å². The Labute approximate surface area is 183 Å². The minimum atomic E-state index is -4.62. The SMILES string of the molecule is Cc1ccc(C(=O)N2C[C@H]3CN(c4ccc(C#N)c(C(F)(F)F)c4)CC[C@@]3(CO)C2)cn1. The van der Waals surface area contributed by atoms with Crippen molar-refractivity contribution in [3.63, 3.8) is 0 Å². The van der Waals surface area contributed by atoms with Gasteiger partial charge in [0, 0.05) is 55.1 Å². The Morgan fingerprint density at radius 1 is 1.31 bits per heavy atom. The zero-order chi connectivity index (χ0) is 23.1. The number of carbonyl (C=O) groups excluding carboxylic acids is 1. The van der Waals surface area contributed by atoms with E-state index in [-0.39, 0.29) is 18.4 Å². The van der Waals surface area contributed by atoms with Gasteiger partial charge in [0.15, 0.2) is 0 Å². The number of halogens is 3. The van der Waals surface area contributed by atoms with Crippen molar-refractivity contribution in [1.82, 2.24) is 9.88 Å². The molecule has 2 aliphatic rings. The normalized spacial score (nSPS) is 23.1. The Morgan fingerprint density at radius 2 is 2.09 bits per heavy atom. The molecule has 3 heterocycles. The number of carbonyl (C=O) groups is 1. The van der Waals surface area contributed by atoms with Gasteiger partial charge in [-0.2, -0.15) is 18.4 Å². The highest BCUT2D eigenvalue weighted by Crippen LogP contribution is 2.44. The zero-order valence-electron chi connectivity index (χ0n) is 17.6. The Kier molecular flexibility index (Phi) is 5.59. The molecule has 1 aromatic heterocycles. The lowest BCUT2D eigenvalue weighted by Crippen LogP contribution is -2.49. The number of hydrogen-bond donors (Lipinski definition) is 1. The smallest absolute Gasteiger partial charge is 0.396 e. The summed E-state index contributed by atoms with van der Waals surface area (Å²) in [5.74, 6) is -0.252. The van der Waals surface area contributed by atoms with Crippen molar-refractivity contribution in [2.24, 2.45) is 11.3 Å². The molecule has 2 saturated heterocycles. The molecule has 2 aliphatic heterocycles. The van der Waals surface area contributed by atoms with Gasteiger partial charge < -0.3 is 14.9 Å². The van der Waals surface area contributed by atoms with E-state index in [4.69, 9.17) is 5.26 Å². The van der Waals surface area contributed by atoms with E-state index >= 15 is 0 Å². The van der Waals surface area contributed by atoms with E-state index < -0.39 is 22.7 Å². The number of alkyl halides is 3. The first kappa shape index (κ1) is 22.1. The molecule has 4 rings (SSSR count). The van der Waals surface area contributed by atoms with Gasteiger partial charge in [0.2, 0.25) is 0 Å². The number of amides is 1. The Morgan fingerprint density at radius 3 is 2.72 bits per heavy atom. The fraction of sp³-hybridized carbons (Fsp3) is 0.435. The van der Waals surface area contributed by atoms with Gasteiger partial charge in [0.1, 0.15) is 0 Å². The third-order valence-electron chi connectivity index (χ3n) is 6.69. The largest absolute Gasteiger partial charge is 0.417 e. The number of fused-ring (bicyclic) bond motifs is 1. The molecule has 9 heteroatoms. The van der Waals surface area contributed by atoms with E-state index in [0.29, 0.717) is 43.9 Å². The molecule has 1 N–H and O–H groups in total. The average molecular weight is 444 g/mol. The van der Waals surface area contributed by atoms with Crippen molar-refractivity contribution in [2.45, 2.75) is 19.5 Å². The summed E-state index contributed by atoms with van der Waals surface area (Å²) in [7, 11) is 0. The highest BCUT2D eigenvalue weighted by molar-refractivity contribution is 5.94. The predicted molar refractivity (Wildman–Crippen MR) is 111 cm³/mol. The number of nitrogens with zero attached hydrogens (tertiary/aromatic N) is 4. The summed E-state index contributed by atoms with van der Waals surface area (Å²) in [6.07, 6.45) is -2.54. The average Bonchev–Trinajstić information content (AvgIpc) is 3.17. The van der Waals surface area contributed by atoms with Crippen molar-refractivity contribution >= 4 is 11.6 Å². The lowest BCUT2D eigenvalue weighted by atomic mass is 9.73. The van der Waals surface area contributed by atoms with Crippen LogP contribution in [-0.2, 0) is 6.18 Å². The number of anilines is 1. The molecule has 32 heavy (non-hydrogen) atoms. The maximum atomic E-state index is 13.4. The standard InChI is InChI=1S/C23H23F3N4O2/c1-15-2-3-17(10-28-15)21(32)30-12-18-11-29(7-6-22(18,13-30)14-31)19-5-4-16(9-27)20(8-19)23(24,25)26/h2-5,8,10,18,31H,6-7,11-14H2,1H3/t18-,22+/m1/s1. The van der Waals surface area contributed by atoms with Crippen LogP contribution in [0.15, 0.2) is 36.5 Å². The fourth-order valence-corrected chi connectivity index (χ4v) is 4.77. The molecule has 0 aliphatic carbocycles. The number of piperidine rings is 1. The Bertz CT molecular complexity index is 1060. The number of rotatable bonds is 3. The molecule has 1 amide bonds. The second-order valence-electron chi connectivity index (χ2n) is 8.63. The molecular formula is C23H23F3N4O2. The number of aryl methyl sites for hydroxylation is 1. The van der Waals surface area contributed by atoms with Gasteiger partial charge >= 0.3 is 6.18 Å². The first-order valence-electron chi connectivity index (χ1n) is 10.4. The van der Waals surface area contributed by atoms with Gasteiger partial charge in [-0.1, -0.05) is 0 Å². The zero-order valence-corrected chi connectivity index (χ0v) is 17.6. The number of pyridine rings is 1. The Hall–Kier alpha value is -3.12. The molecule has 6 nitrogen and oxygen atoms in total. The van der Waals surface area contributed by atoms with Crippen LogP contribution in [-0.4, -0.2) is 53.7 Å². The van der Waals surface area contributed by atoms with Gasteiger partial charge in [-0.15, -0.1) is 0 Å². The molecule has 0 saturated carbocycles. The number of aliphatic hydroxyl groups excluding tert-OH is 1. The van der Waals surface area contributed by atoms with Crippen LogP contribution in [0, 0.1) is 29.6 Å². The summed E-state index contributed by atoms with van der Waals surface area (Å²) >= 11 is 0. The van der Waals surface area contributed by atoms with E-state index in [1.807, 2.05) is 11.8 Å². The van der Waals surface area contributed by atoms with Crippen LogP contribution in [0.4, 0.5) is 18.9 Å². The lowest BCUT2D eigenvalue weighted by Gasteiger charge is -2.43. The van der Waals surface area contributed by atoms with E-state index in [2.05, 4.69) is 4.98 Å². The van der Waals surface area contributed by atoms with E-state index in [1.54, 1.807) is 23.1 Å². The quantitative estimate of drug-likeness (QED) is 0.786. The molecule has 2 aromatic rings. The van der Waals surface area contributed by atoms with Crippen LogP contribution in [0.5, 0.6) is 0 Å². The van der Waals surface area contributed by atoms with Gasteiger partial charge in [-0.25, -0.2) is 0 Å². The third-order valence-corrected chi connectivity index (χ3v) is 6.69. The molecule has 0 spiro atoms. The summed E-state index contributed by atoms with van der Waals surface area (Å²) in [4.78, 5) is 20.7. The minimum Gasteiger partial charge on any atom is -0.396 e. The van der Waals surface area contributed by atoms with E-state index in [1.165, 1.54) is 18.3 Å². The minimum absolute atomic E-state index is 0.0893. The fourth-order valence-electron chi connectivity index (χ4n) is 4.77. The topological polar surface area (TPSA) is 80.5 Å². The number of nitriles is 1. The molecule has 2 fully saturated rings. The summed E-state index contributed by atoms with van der Waals surface area (Å²) in [5.41, 5.74) is -0.181. The van der Waals surface area contributed by atoms with Crippen molar-refractivity contribution in [1.29, 1.82) is 5.26 Å². The lowest BCUT2D eigenvalue weighted by molar-refractivity contribution is -0.137. The van der Waals surface area contributed by atoms with Crippen molar-refractivity contribution in [3.05, 3.63) is 58.9 Å². The highest BCUT2D eigenvalue weighted by atomic mass is 19.4. The summed E-state index contributed by atoms with van der Waals surface area (Å²) < 4.78 is 40.2. The third kappa shape index (κ3) is 3.91. The van der Waals surface area contributed by atoms with Crippen LogP contribution in [0.2, 0.25) is 0 Å². The van der Waals surface area contributed by atoms with Crippen LogP contribution < -0.4 is 4.90 Å². The maximum Gasteiger partial charge on any atom is 0.417 e. The van der Waals surface area contributed by atoms with Crippen LogP contribution in [0.25, 0.3) is 0 Å². The van der Waals surface area contributed by atoms with Crippen LogP contribution in [0.3, 0.4) is 0 Å². The number of aromatic nitrogens is 1. The predicted octanol–water partition coefficient (Wildman–Crippen LogP) is 3.24. The number of hydrogen-bond acceptors (Lipinski definition) is 5. The molecular weight excluding hydrogens is 421 g/mol. The monoisotopic (exact) mass is 444 g/mol. The number of aliphatic hydroxyl groups is 1. The molecule has 168 valence electrons. The summed E-state index contributed by atoms with van der Waals surface area (Å²) in [6, 6.07) is 8.82. The summed E-state index contributed by atoms with van der Waals surface area (Å²) in [5, 5.41) is 19.2. The molecule has 1 aromatic carbocycles. The summed E-state index contributed by atoms with van der Waals surface area (Å²) in [6.45, 7) is 3.42. The van der Waals surface area contributed by atoms with Gasteiger partial charge in [-0.3, -0.25) is 9.78 Å². The van der Waals surface area contributed by atoms with E-state index in [9.17, 15) is 23.1 Å². The first-order valence-corrected chi connectivity index (χ1v) is 10.4. The van der Waals surface area contributed by atoms with Crippen molar-refractivity contribution < 1.29 is 23.1 Å². The van der Waals surface area contributed by atoms with Crippen molar-refractivity contribution in [3.8, 4) is 6.07 Å². The maximum absolute atomic E-state index is 13.4. The molecule has 2 atom stereocenters. The second kappa shape index (κ2) is 8.10. The Balaban J connectivity index is 1.56. The highest BCUT2D eigenvalue weighted by Gasteiger charge is 2.50. The molecule has 0 unspecified atom stereocenters. The first-order chi connectivity index (χ1) is 15.2. The van der Waals surface area contributed by atoms with E-state index in [0.717, 1.165) is 11.8 Å². The van der Waals surface area contributed by atoms with Gasteiger partial charge in [-0.05, 0) is 43.7 Å².